The largest absolute Gasteiger partial charge is 0.317 e. The quantitative estimate of drug-likeness (QED) is 0.681. The summed E-state index contributed by atoms with van der Waals surface area (Å²) in [6.07, 6.45) is 5.43. The molecule has 1 heterocycles. The summed E-state index contributed by atoms with van der Waals surface area (Å²) in [4.78, 5) is 2.63. The highest BCUT2D eigenvalue weighted by Crippen LogP contribution is 2.33. The van der Waals surface area contributed by atoms with Crippen molar-refractivity contribution in [2.75, 3.05) is 32.7 Å². The number of likely N-dealkylation sites (tertiary alicyclic amines) is 1. The van der Waals surface area contributed by atoms with E-state index in [2.05, 4.69) is 31.0 Å². The standard InChI is InChI=1S/C13H28N2/c1-4-13(3)7-11-15(12-8-13)10-6-9-14-5-2/h14H,4-12H2,1-3H3. The van der Waals surface area contributed by atoms with Gasteiger partial charge in [-0.2, -0.15) is 0 Å². The molecule has 0 unspecified atom stereocenters. The van der Waals surface area contributed by atoms with Crippen LogP contribution in [0.2, 0.25) is 0 Å². The molecule has 0 radical (unpaired) electrons. The van der Waals surface area contributed by atoms with Crippen LogP contribution < -0.4 is 5.32 Å². The average molecular weight is 212 g/mol. The van der Waals surface area contributed by atoms with Crippen LogP contribution in [0.15, 0.2) is 0 Å². The van der Waals surface area contributed by atoms with Crippen LogP contribution in [-0.4, -0.2) is 37.6 Å². The van der Waals surface area contributed by atoms with Gasteiger partial charge >= 0.3 is 0 Å². The van der Waals surface area contributed by atoms with E-state index in [1.54, 1.807) is 0 Å². The SMILES string of the molecule is CCNCCCN1CCC(C)(CC)CC1. The monoisotopic (exact) mass is 212 g/mol. The second-order valence-corrected chi connectivity index (χ2v) is 5.21. The Hall–Kier alpha value is -0.0800. The molecule has 0 bridgehead atoms. The van der Waals surface area contributed by atoms with Gasteiger partial charge in [-0.05, 0) is 57.4 Å². The Bertz CT molecular complexity index is 160. The van der Waals surface area contributed by atoms with E-state index in [1.807, 2.05) is 0 Å². The summed E-state index contributed by atoms with van der Waals surface area (Å²) in [7, 11) is 0. The molecule has 15 heavy (non-hydrogen) atoms. The van der Waals surface area contributed by atoms with Crippen LogP contribution in [0.1, 0.15) is 46.5 Å². The number of hydrogen-bond donors (Lipinski definition) is 1. The smallest absolute Gasteiger partial charge is 0.000663 e. The van der Waals surface area contributed by atoms with E-state index >= 15 is 0 Å². The van der Waals surface area contributed by atoms with Crippen LogP contribution in [0.3, 0.4) is 0 Å². The molecular formula is C13H28N2. The van der Waals surface area contributed by atoms with Gasteiger partial charge in [0.15, 0.2) is 0 Å². The maximum atomic E-state index is 3.39. The van der Waals surface area contributed by atoms with Gasteiger partial charge in [-0.25, -0.2) is 0 Å². The van der Waals surface area contributed by atoms with Crippen molar-refractivity contribution < 1.29 is 0 Å². The van der Waals surface area contributed by atoms with Crippen molar-refractivity contribution in [3.63, 3.8) is 0 Å². The minimum atomic E-state index is 0.637. The zero-order valence-corrected chi connectivity index (χ0v) is 10.8. The lowest BCUT2D eigenvalue weighted by Crippen LogP contribution is -2.39. The summed E-state index contributed by atoms with van der Waals surface area (Å²) in [6, 6.07) is 0. The molecule has 1 saturated heterocycles. The van der Waals surface area contributed by atoms with E-state index < -0.39 is 0 Å². The Morgan fingerprint density at radius 1 is 1.20 bits per heavy atom. The van der Waals surface area contributed by atoms with Gasteiger partial charge < -0.3 is 10.2 Å². The predicted octanol–water partition coefficient (Wildman–Crippen LogP) is 2.50. The molecule has 0 aliphatic carbocycles. The number of hydrogen-bond acceptors (Lipinski definition) is 2. The molecule has 0 spiro atoms. The number of nitrogens with zero attached hydrogens (tertiary/aromatic N) is 1. The van der Waals surface area contributed by atoms with Gasteiger partial charge in [0.1, 0.15) is 0 Å². The topological polar surface area (TPSA) is 15.3 Å². The Morgan fingerprint density at radius 2 is 1.87 bits per heavy atom. The molecule has 0 aromatic heterocycles. The summed E-state index contributed by atoms with van der Waals surface area (Å²) in [6.45, 7) is 13.2. The third kappa shape index (κ3) is 4.52. The third-order valence-corrected chi connectivity index (χ3v) is 3.99. The molecule has 2 heteroatoms. The van der Waals surface area contributed by atoms with Crippen LogP contribution in [0, 0.1) is 5.41 Å². The zero-order chi connectivity index (χ0) is 11.1. The van der Waals surface area contributed by atoms with Gasteiger partial charge in [0, 0.05) is 0 Å². The van der Waals surface area contributed by atoms with Crippen molar-refractivity contribution in [3.8, 4) is 0 Å². The fraction of sp³-hybridized carbons (Fsp3) is 1.00. The molecule has 2 nitrogen and oxygen atoms in total. The first-order valence-electron chi connectivity index (χ1n) is 6.63. The van der Waals surface area contributed by atoms with Crippen molar-refractivity contribution >= 4 is 0 Å². The molecule has 0 amide bonds. The molecule has 0 atom stereocenters. The summed E-state index contributed by atoms with van der Waals surface area (Å²) in [5.74, 6) is 0. The number of nitrogens with one attached hydrogen (secondary N) is 1. The Kier molecular flexibility index (Phi) is 5.62. The van der Waals surface area contributed by atoms with E-state index in [4.69, 9.17) is 0 Å². The van der Waals surface area contributed by atoms with Gasteiger partial charge in [-0.1, -0.05) is 27.2 Å². The van der Waals surface area contributed by atoms with E-state index in [0.717, 1.165) is 6.54 Å². The van der Waals surface area contributed by atoms with Crippen molar-refractivity contribution in [2.45, 2.75) is 46.5 Å². The van der Waals surface area contributed by atoms with Gasteiger partial charge in [0.25, 0.3) is 0 Å². The second kappa shape index (κ2) is 6.49. The minimum Gasteiger partial charge on any atom is -0.317 e. The maximum absolute atomic E-state index is 3.39. The van der Waals surface area contributed by atoms with Crippen molar-refractivity contribution in [1.29, 1.82) is 0 Å². The van der Waals surface area contributed by atoms with Crippen molar-refractivity contribution in [1.82, 2.24) is 10.2 Å². The van der Waals surface area contributed by atoms with E-state index in [-0.39, 0.29) is 0 Å². The van der Waals surface area contributed by atoms with E-state index in [0.29, 0.717) is 5.41 Å². The van der Waals surface area contributed by atoms with Crippen LogP contribution in [-0.2, 0) is 0 Å². The Morgan fingerprint density at radius 3 is 2.40 bits per heavy atom. The molecule has 0 saturated carbocycles. The molecule has 1 aliphatic heterocycles. The summed E-state index contributed by atoms with van der Waals surface area (Å²) in [5, 5.41) is 3.39. The summed E-state index contributed by atoms with van der Waals surface area (Å²) in [5.41, 5.74) is 0.637. The highest BCUT2D eigenvalue weighted by Gasteiger charge is 2.27. The molecule has 1 fully saturated rings. The second-order valence-electron chi connectivity index (χ2n) is 5.21. The molecule has 1 N–H and O–H groups in total. The summed E-state index contributed by atoms with van der Waals surface area (Å²) < 4.78 is 0. The first kappa shape index (κ1) is 13.0. The van der Waals surface area contributed by atoms with Crippen LogP contribution in [0.4, 0.5) is 0 Å². The van der Waals surface area contributed by atoms with Crippen LogP contribution >= 0.6 is 0 Å². The van der Waals surface area contributed by atoms with Gasteiger partial charge in [0.05, 0.1) is 0 Å². The fourth-order valence-corrected chi connectivity index (χ4v) is 2.27. The van der Waals surface area contributed by atoms with Crippen LogP contribution in [0.25, 0.3) is 0 Å². The first-order chi connectivity index (χ1) is 7.20. The van der Waals surface area contributed by atoms with Crippen molar-refractivity contribution in [3.05, 3.63) is 0 Å². The Labute approximate surface area is 95.4 Å². The average Bonchev–Trinajstić information content (AvgIpc) is 2.27. The summed E-state index contributed by atoms with van der Waals surface area (Å²) >= 11 is 0. The number of rotatable bonds is 6. The molecule has 90 valence electrons. The predicted molar refractivity (Wildman–Crippen MR) is 67.2 cm³/mol. The van der Waals surface area contributed by atoms with Crippen LogP contribution in [0.5, 0.6) is 0 Å². The Balaban J connectivity index is 2.09. The fourth-order valence-electron chi connectivity index (χ4n) is 2.27. The molecule has 1 aliphatic rings. The highest BCUT2D eigenvalue weighted by molar-refractivity contribution is 4.81. The lowest BCUT2D eigenvalue weighted by atomic mass is 9.78. The number of piperidine rings is 1. The third-order valence-electron chi connectivity index (χ3n) is 3.99. The molecule has 1 rings (SSSR count). The van der Waals surface area contributed by atoms with Gasteiger partial charge in [-0.3, -0.25) is 0 Å². The molecule has 0 aromatic rings. The molecular weight excluding hydrogens is 184 g/mol. The minimum absolute atomic E-state index is 0.637. The van der Waals surface area contributed by atoms with Gasteiger partial charge in [-0.15, -0.1) is 0 Å². The molecule has 0 aromatic carbocycles. The normalized spacial score (nSPS) is 21.8. The van der Waals surface area contributed by atoms with Crippen molar-refractivity contribution in [2.24, 2.45) is 5.41 Å². The first-order valence-corrected chi connectivity index (χ1v) is 6.63. The highest BCUT2D eigenvalue weighted by atomic mass is 15.1. The lowest BCUT2D eigenvalue weighted by molar-refractivity contribution is 0.114. The van der Waals surface area contributed by atoms with E-state index in [9.17, 15) is 0 Å². The van der Waals surface area contributed by atoms with E-state index in [1.165, 1.54) is 51.9 Å². The van der Waals surface area contributed by atoms with Gasteiger partial charge in [0.2, 0.25) is 0 Å². The lowest BCUT2D eigenvalue weighted by Gasteiger charge is -2.38. The maximum Gasteiger partial charge on any atom is -0.000663 e. The zero-order valence-electron chi connectivity index (χ0n) is 10.8.